The van der Waals surface area contributed by atoms with Crippen LogP contribution >= 0.6 is 12.4 Å². The Labute approximate surface area is 170 Å². The Morgan fingerprint density at radius 3 is 2.71 bits per heavy atom. The number of benzene rings is 1. The molecule has 1 unspecified atom stereocenters. The van der Waals surface area contributed by atoms with Gasteiger partial charge in [0, 0.05) is 42.5 Å². The van der Waals surface area contributed by atoms with Gasteiger partial charge in [-0.1, -0.05) is 30.3 Å². The zero-order valence-corrected chi connectivity index (χ0v) is 16.6. The number of fused-ring (bicyclic) bond motifs is 2. The first-order valence-corrected chi connectivity index (χ1v) is 9.41. The van der Waals surface area contributed by atoms with Crippen LogP contribution in [0.5, 0.6) is 5.75 Å². The lowest BCUT2D eigenvalue weighted by atomic mass is 9.77. The minimum absolute atomic E-state index is 0. The zero-order chi connectivity index (χ0) is 18.4. The summed E-state index contributed by atoms with van der Waals surface area (Å²) in [4.78, 5) is 4.35. The maximum atomic E-state index is 6.11. The number of rotatable bonds is 4. The van der Waals surface area contributed by atoms with Crippen molar-refractivity contribution in [1.29, 1.82) is 0 Å². The number of nitrogen functional groups attached to an aromatic ring is 1. The van der Waals surface area contributed by atoms with Crippen molar-refractivity contribution >= 4 is 18.2 Å². The van der Waals surface area contributed by atoms with Gasteiger partial charge >= 0.3 is 0 Å². The van der Waals surface area contributed by atoms with E-state index in [1.165, 1.54) is 12.1 Å². The highest BCUT2D eigenvalue weighted by Gasteiger charge is 2.45. The number of pyridine rings is 1. The molecular formula is C21H24ClN5O. The minimum Gasteiger partial charge on any atom is -0.482 e. The molecule has 3 N–H and O–H groups in total. The summed E-state index contributed by atoms with van der Waals surface area (Å²) in [6.45, 7) is 5.08. The fourth-order valence-corrected chi connectivity index (χ4v) is 4.06. The number of hydrogen-bond acceptors (Lipinski definition) is 5. The van der Waals surface area contributed by atoms with Crippen LogP contribution in [0.1, 0.15) is 30.7 Å². The van der Waals surface area contributed by atoms with Crippen LogP contribution in [0.4, 0.5) is 5.82 Å². The number of aromatic nitrogens is 3. The van der Waals surface area contributed by atoms with E-state index in [0.29, 0.717) is 11.6 Å². The Bertz CT molecular complexity index is 984. The van der Waals surface area contributed by atoms with Crippen LogP contribution in [0, 0.1) is 0 Å². The van der Waals surface area contributed by atoms with Gasteiger partial charge in [-0.2, -0.15) is 5.10 Å². The van der Waals surface area contributed by atoms with Gasteiger partial charge in [0.1, 0.15) is 6.10 Å². The summed E-state index contributed by atoms with van der Waals surface area (Å²) in [7, 11) is 0. The molecule has 0 saturated carbocycles. The lowest BCUT2D eigenvalue weighted by molar-refractivity contribution is 0.227. The van der Waals surface area contributed by atoms with Gasteiger partial charge in [0.2, 0.25) is 0 Å². The molecule has 6 nitrogen and oxygen atoms in total. The van der Waals surface area contributed by atoms with Crippen LogP contribution in [-0.2, 0) is 12.0 Å². The molecule has 1 atom stereocenters. The van der Waals surface area contributed by atoms with Gasteiger partial charge in [-0.15, -0.1) is 12.4 Å². The third-order valence-electron chi connectivity index (χ3n) is 5.80. The van der Waals surface area contributed by atoms with Crippen LogP contribution < -0.4 is 15.8 Å². The molecular weight excluding hydrogens is 374 g/mol. The summed E-state index contributed by atoms with van der Waals surface area (Å²) in [5.74, 6) is 0.991. The third kappa shape index (κ3) is 3.02. The van der Waals surface area contributed by atoms with Crippen molar-refractivity contribution in [3.05, 3.63) is 59.9 Å². The first-order chi connectivity index (χ1) is 13.1. The number of hydrogen-bond donors (Lipinski definition) is 2. The predicted octanol–water partition coefficient (Wildman–Crippen LogP) is 3.33. The Morgan fingerprint density at radius 2 is 2.00 bits per heavy atom. The first-order valence-electron chi connectivity index (χ1n) is 9.41. The highest BCUT2D eigenvalue weighted by molar-refractivity contribution is 5.85. The van der Waals surface area contributed by atoms with Crippen LogP contribution in [0.2, 0.25) is 0 Å². The number of nitrogens with two attached hydrogens (primary N) is 1. The smallest absolute Gasteiger partial charge is 0.166 e. The van der Waals surface area contributed by atoms with Crippen molar-refractivity contribution in [2.24, 2.45) is 0 Å². The van der Waals surface area contributed by atoms with Gasteiger partial charge in [-0.05, 0) is 31.0 Å². The van der Waals surface area contributed by atoms with Gasteiger partial charge in [0.25, 0.3) is 0 Å². The largest absolute Gasteiger partial charge is 0.482 e. The Hall–Kier alpha value is -2.57. The van der Waals surface area contributed by atoms with E-state index in [2.05, 4.69) is 21.0 Å². The van der Waals surface area contributed by atoms with Crippen molar-refractivity contribution in [2.75, 3.05) is 18.8 Å². The summed E-state index contributed by atoms with van der Waals surface area (Å²) in [5, 5.41) is 8.20. The second-order valence-corrected chi connectivity index (χ2v) is 7.55. The number of ether oxygens (including phenoxy) is 1. The average molecular weight is 398 g/mol. The molecule has 1 fully saturated rings. The van der Waals surface area contributed by atoms with Crippen molar-refractivity contribution < 1.29 is 4.74 Å². The van der Waals surface area contributed by atoms with Gasteiger partial charge in [-0.3, -0.25) is 4.68 Å². The molecule has 0 bridgehead atoms. The molecule has 0 aliphatic carbocycles. The summed E-state index contributed by atoms with van der Waals surface area (Å²) in [6.07, 6.45) is 2.84. The summed E-state index contributed by atoms with van der Waals surface area (Å²) >= 11 is 0. The molecule has 2 aliphatic rings. The van der Waals surface area contributed by atoms with Crippen LogP contribution in [0.25, 0.3) is 11.3 Å². The molecule has 4 heterocycles. The molecule has 2 aliphatic heterocycles. The molecule has 146 valence electrons. The van der Waals surface area contributed by atoms with Crippen LogP contribution in [-0.4, -0.2) is 27.9 Å². The van der Waals surface area contributed by atoms with E-state index in [4.69, 9.17) is 15.6 Å². The van der Waals surface area contributed by atoms with Gasteiger partial charge < -0.3 is 15.8 Å². The van der Waals surface area contributed by atoms with Gasteiger partial charge in [0.05, 0.1) is 5.69 Å². The predicted molar refractivity (Wildman–Crippen MR) is 112 cm³/mol. The third-order valence-corrected chi connectivity index (χ3v) is 5.80. The molecule has 0 radical (unpaired) electrons. The second-order valence-electron chi connectivity index (χ2n) is 7.55. The van der Waals surface area contributed by atoms with Crippen molar-refractivity contribution in [1.82, 2.24) is 20.1 Å². The van der Waals surface area contributed by atoms with E-state index in [-0.39, 0.29) is 23.9 Å². The number of nitrogens with one attached hydrogen (secondary N) is 1. The monoisotopic (exact) mass is 397 g/mol. The van der Waals surface area contributed by atoms with Gasteiger partial charge in [-0.25, -0.2) is 4.98 Å². The first kappa shape index (κ1) is 18.8. The standard InChI is InChI=1S/C21H23N5O.ClH/c1-14(15-5-3-2-4-6-15)27-18-9-16(11-24-20(18)22)17-10-19-21(12-23-13-21)7-8-26(19)25-17;/h2-6,9-11,14,23H,7-8,12-13H2,1H3,(H2,22,24);1H. The number of aryl methyl sites for hydroxylation is 1. The van der Waals surface area contributed by atoms with Gasteiger partial charge in [0.15, 0.2) is 11.6 Å². The molecule has 28 heavy (non-hydrogen) atoms. The summed E-state index contributed by atoms with van der Waals surface area (Å²) < 4.78 is 8.25. The summed E-state index contributed by atoms with van der Waals surface area (Å²) in [5.41, 5.74) is 10.6. The zero-order valence-electron chi connectivity index (χ0n) is 15.8. The van der Waals surface area contributed by atoms with E-state index >= 15 is 0 Å². The Morgan fingerprint density at radius 1 is 1.21 bits per heavy atom. The molecule has 0 amide bonds. The normalized spacial score (nSPS) is 17.5. The number of nitrogens with zero attached hydrogens (tertiary/aromatic N) is 3. The highest BCUT2D eigenvalue weighted by Crippen LogP contribution is 2.40. The SMILES string of the molecule is CC(Oc1cc(-c2cc3n(n2)CCC32CNC2)cnc1N)c1ccccc1.Cl. The number of anilines is 1. The molecule has 1 spiro atoms. The van der Waals surface area contributed by atoms with Crippen molar-refractivity contribution in [2.45, 2.75) is 31.4 Å². The molecule has 1 aromatic carbocycles. The second kappa shape index (κ2) is 7.11. The lowest BCUT2D eigenvalue weighted by Gasteiger charge is -2.38. The van der Waals surface area contributed by atoms with Crippen LogP contribution in [0.15, 0.2) is 48.7 Å². The topological polar surface area (TPSA) is 78.0 Å². The van der Waals surface area contributed by atoms with E-state index in [0.717, 1.165) is 36.5 Å². The van der Waals surface area contributed by atoms with Crippen LogP contribution in [0.3, 0.4) is 0 Å². The summed E-state index contributed by atoms with van der Waals surface area (Å²) in [6, 6.07) is 14.2. The highest BCUT2D eigenvalue weighted by atomic mass is 35.5. The molecule has 2 aromatic heterocycles. The maximum absolute atomic E-state index is 6.11. The van der Waals surface area contributed by atoms with E-state index in [1.807, 2.05) is 43.3 Å². The Balaban J connectivity index is 0.00000192. The molecule has 7 heteroatoms. The number of halogens is 1. The molecule has 1 saturated heterocycles. The van der Waals surface area contributed by atoms with E-state index in [9.17, 15) is 0 Å². The van der Waals surface area contributed by atoms with E-state index in [1.54, 1.807) is 6.20 Å². The quantitative estimate of drug-likeness (QED) is 0.706. The fraction of sp³-hybridized carbons (Fsp3) is 0.333. The Kier molecular flexibility index (Phi) is 4.77. The minimum atomic E-state index is -0.109. The average Bonchev–Trinajstić information content (AvgIpc) is 3.22. The molecule has 5 rings (SSSR count). The van der Waals surface area contributed by atoms with Crippen molar-refractivity contribution in [3.8, 4) is 17.0 Å². The van der Waals surface area contributed by atoms with Crippen molar-refractivity contribution in [3.63, 3.8) is 0 Å². The maximum Gasteiger partial charge on any atom is 0.166 e. The fourth-order valence-electron chi connectivity index (χ4n) is 4.06. The molecule has 3 aromatic rings. The van der Waals surface area contributed by atoms with E-state index < -0.39 is 0 Å². The lowest BCUT2D eigenvalue weighted by Crippen LogP contribution is -2.55.